The average Bonchev–Trinajstić information content (AvgIpc) is 3.57. The van der Waals surface area contributed by atoms with Gasteiger partial charge in [-0.1, -0.05) is 30.3 Å². The van der Waals surface area contributed by atoms with Crippen molar-refractivity contribution in [2.24, 2.45) is 0 Å². The number of anilines is 1. The molecule has 0 unspecified atom stereocenters. The third-order valence-electron chi connectivity index (χ3n) is 6.47. The van der Waals surface area contributed by atoms with E-state index in [-0.39, 0.29) is 30.0 Å². The van der Waals surface area contributed by atoms with Crippen molar-refractivity contribution in [1.29, 1.82) is 0 Å². The molecule has 5 rings (SSSR count). The topological polar surface area (TPSA) is 117 Å². The highest BCUT2D eigenvalue weighted by Gasteiger charge is 2.41. The standard InChI is InChI=1S/C29H26N4O5S/c1-37-23-11-3-2-9-20(23)31-25(34)14-16-33-27(26(32-29(33)39)21-10-4-5-15-30-21)24-13-12-22(38-24)18-7-6-8-19(17-18)28(35)36/h2-13,15,17,26-27H,14,16H2,1H3,(H,31,34)(H,32,39)(H,35,36)/t26-,27-/m1/s1. The molecule has 198 valence electrons. The zero-order valence-electron chi connectivity index (χ0n) is 21.0. The number of aromatic carboxylic acids is 1. The number of aromatic nitrogens is 1. The van der Waals surface area contributed by atoms with E-state index in [1.165, 1.54) is 6.07 Å². The van der Waals surface area contributed by atoms with Gasteiger partial charge in [0.2, 0.25) is 5.91 Å². The van der Waals surface area contributed by atoms with Gasteiger partial charge in [0.05, 0.1) is 30.1 Å². The van der Waals surface area contributed by atoms with Crippen LogP contribution in [0.1, 0.15) is 40.3 Å². The summed E-state index contributed by atoms with van der Waals surface area (Å²) in [7, 11) is 1.55. The lowest BCUT2D eigenvalue weighted by atomic mass is 10.0. The quantitative estimate of drug-likeness (QED) is 0.250. The molecule has 1 fully saturated rings. The van der Waals surface area contributed by atoms with E-state index < -0.39 is 5.97 Å². The highest BCUT2D eigenvalue weighted by molar-refractivity contribution is 7.80. The fourth-order valence-electron chi connectivity index (χ4n) is 4.61. The number of rotatable bonds is 9. The number of methoxy groups -OCH3 is 1. The average molecular weight is 543 g/mol. The minimum absolute atomic E-state index is 0.166. The minimum atomic E-state index is -1.01. The Morgan fingerprint density at radius 3 is 2.69 bits per heavy atom. The normalized spacial score (nSPS) is 16.5. The fourth-order valence-corrected chi connectivity index (χ4v) is 4.94. The molecule has 0 bridgehead atoms. The first kappa shape index (κ1) is 25.9. The Morgan fingerprint density at radius 2 is 1.92 bits per heavy atom. The van der Waals surface area contributed by atoms with Gasteiger partial charge in [0.1, 0.15) is 23.3 Å². The predicted octanol–water partition coefficient (Wildman–Crippen LogP) is 5.05. The van der Waals surface area contributed by atoms with Crippen LogP contribution in [0, 0.1) is 0 Å². The number of benzene rings is 2. The van der Waals surface area contributed by atoms with Crippen LogP contribution in [0.15, 0.2) is 89.5 Å². The van der Waals surface area contributed by atoms with Crippen LogP contribution in [-0.2, 0) is 4.79 Å². The van der Waals surface area contributed by atoms with Crippen LogP contribution in [0.4, 0.5) is 5.69 Å². The summed E-state index contributed by atoms with van der Waals surface area (Å²) in [4.78, 5) is 30.8. The van der Waals surface area contributed by atoms with Crippen LogP contribution in [0.3, 0.4) is 0 Å². The Labute approximate surface area is 230 Å². The number of nitrogens with zero attached hydrogens (tertiary/aromatic N) is 2. The Hall–Kier alpha value is -4.70. The molecular weight excluding hydrogens is 516 g/mol. The van der Waals surface area contributed by atoms with Gasteiger partial charge in [-0.05, 0) is 60.7 Å². The van der Waals surface area contributed by atoms with Crippen molar-refractivity contribution in [3.05, 3.63) is 102 Å². The SMILES string of the molecule is COc1ccccc1NC(=O)CCN1C(=S)N[C@H](c2ccccn2)[C@H]1c1ccc(-c2cccc(C(=O)O)c2)o1. The number of thiocarbonyl (C=S) groups is 1. The van der Waals surface area contributed by atoms with Gasteiger partial charge in [0, 0.05) is 24.7 Å². The summed E-state index contributed by atoms with van der Waals surface area (Å²) in [6.45, 7) is 0.325. The molecule has 0 spiro atoms. The first-order valence-electron chi connectivity index (χ1n) is 12.3. The summed E-state index contributed by atoms with van der Waals surface area (Å²) in [6, 6.07) is 22.4. The molecule has 39 heavy (non-hydrogen) atoms. The number of carbonyl (C=O) groups excluding carboxylic acids is 1. The lowest BCUT2D eigenvalue weighted by Gasteiger charge is -2.26. The Bertz CT molecular complexity index is 1510. The van der Waals surface area contributed by atoms with Gasteiger partial charge >= 0.3 is 5.97 Å². The van der Waals surface area contributed by atoms with E-state index in [9.17, 15) is 14.7 Å². The maximum atomic E-state index is 12.9. The number of ether oxygens (including phenoxy) is 1. The lowest BCUT2D eigenvalue weighted by molar-refractivity contribution is -0.116. The monoisotopic (exact) mass is 542 g/mol. The Balaban J connectivity index is 1.41. The number of amides is 1. The van der Waals surface area contributed by atoms with Crippen LogP contribution in [-0.4, -0.2) is 45.6 Å². The van der Waals surface area contributed by atoms with E-state index in [0.717, 1.165) is 5.69 Å². The number of carboxylic acids is 1. The summed E-state index contributed by atoms with van der Waals surface area (Å²) in [5.74, 6) is 0.514. The molecule has 2 aromatic heterocycles. The zero-order chi connectivity index (χ0) is 27.4. The van der Waals surface area contributed by atoms with Crippen molar-refractivity contribution in [2.45, 2.75) is 18.5 Å². The molecule has 0 radical (unpaired) electrons. The van der Waals surface area contributed by atoms with Crippen molar-refractivity contribution < 1.29 is 23.8 Å². The number of carboxylic acid groups (broad SMARTS) is 1. The third-order valence-corrected chi connectivity index (χ3v) is 6.82. The molecule has 1 saturated heterocycles. The summed E-state index contributed by atoms with van der Waals surface area (Å²) >= 11 is 5.69. The largest absolute Gasteiger partial charge is 0.495 e. The van der Waals surface area contributed by atoms with Gasteiger partial charge in [0.15, 0.2) is 5.11 Å². The smallest absolute Gasteiger partial charge is 0.335 e. The van der Waals surface area contributed by atoms with Crippen molar-refractivity contribution >= 4 is 34.9 Å². The second-order valence-electron chi connectivity index (χ2n) is 8.91. The molecule has 1 aliphatic heterocycles. The third kappa shape index (κ3) is 5.60. The number of nitrogens with one attached hydrogen (secondary N) is 2. The van der Waals surface area contributed by atoms with Gasteiger partial charge in [-0.15, -0.1) is 0 Å². The first-order valence-corrected chi connectivity index (χ1v) is 12.7. The molecule has 0 aliphatic carbocycles. The number of furan rings is 1. The van der Waals surface area contributed by atoms with Gasteiger partial charge in [-0.3, -0.25) is 9.78 Å². The van der Waals surface area contributed by atoms with Crippen LogP contribution < -0.4 is 15.4 Å². The molecule has 3 N–H and O–H groups in total. The van der Waals surface area contributed by atoms with Gasteiger partial charge in [0.25, 0.3) is 0 Å². The highest BCUT2D eigenvalue weighted by atomic mass is 32.1. The minimum Gasteiger partial charge on any atom is -0.495 e. The van der Waals surface area contributed by atoms with Crippen molar-refractivity contribution in [3.8, 4) is 17.1 Å². The maximum Gasteiger partial charge on any atom is 0.335 e. The molecule has 4 aromatic rings. The van der Waals surface area contributed by atoms with E-state index in [1.54, 1.807) is 49.7 Å². The molecule has 2 atom stereocenters. The van der Waals surface area contributed by atoms with E-state index in [2.05, 4.69) is 15.6 Å². The second kappa shape index (κ2) is 11.4. The summed E-state index contributed by atoms with van der Waals surface area (Å²) < 4.78 is 11.6. The molecule has 0 saturated carbocycles. The Morgan fingerprint density at radius 1 is 1.10 bits per heavy atom. The molecular formula is C29H26N4O5S. The Kier molecular flexibility index (Phi) is 7.55. The molecule has 3 heterocycles. The van der Waals surface area contributed by atoms with E-state index in [4.69, 9.17) is 21.4 Å². The van der Waals surface area contributed by atoms with Crippen LogP contribution >= 0.6 is 12.2 Å². The maximum absolute atomic E-state index is 12.9. The number of hydrogen-bond donors (Lipinski definition) is 3. The number of para-hydroxylation sites is 2. The van der Waals surface area contributed by atoms with E-state index >= 15 is 0 Å². The predicted molar refractivity (Wildman–Crippen MR) is 150 cm³/mol. The molecule has 9 nitrogen and oxygen atoms in total. The van der Waals surface area contributed by atoms with Crippen LogP contribution in [0.2, 0.25) is 0 Å². The van der Waals surface area contributed by atoms with Crippen molar-refractivity contribution in [2.75, 3.05) is 19.0 Å². The zero-order valence-corrected chi connectivity index (χ0v) is 21.9. The summed E-state index contributed by atoms with van der Waals surface area (Å²) in [6.07, 6.45) is 1.88. The highest BCUT2D eigenvalue weighted by Crippen LogP contribution is 2.40. The summed E-state index contributed by atoms with van der Waals surface area (Å²) in [5, 5.41) is 16.1. The van der Waals surface area contributed by atoms with Gasteiger partial charge < -0.3 is 29.8 Å². The molecule has 1 aliphatic rings. The lowest BCUT2D eigenvalue weighted by Crippen LogP contribution is -2.32. The van der Waals surface area contributed by atoms with Crippen LogP contribution in [0.5, 0.6) is 5.75 Å². The van der Waals surface area contributed by atoms with Gasteiger partial charge in [-0.2, -0.15) is 0 Å². The van der Waals surface area contributed by atoms with E-state index in [1.807, 2.05) is 41.3 Å². The number of hydrogen-bond acceptors (Lipinski definition) is 6. The fraction of sp³-hybridized carbons (Fsp3) is 0.172. The second-order valence-corrected chi connectivity index (χ2v) is 9.29. The molecule has 1 amide bonds. The van der Waals surface area contributed by atoms with Gasteiger partial charge in [-0.25, -0.2) is 4.79 Å². The first-order chi connectivity index (χ1) is 18.9. The number of pyridine rings is 1. The number of carbonyl (C=O) groups is 2. The van der Waals surface area contributed by atoms with Crippen molar-refractivity contribution in [3.63, 3.8) is 0 Å². The summed E-state index contributed by atoms with van der Waals surface area (Å²) in [5.41, 5.74) is 2.18. The van der Waals surface area contributed by atoms with Crippen LogP contribution in [0.25, 0.3) is 11.3 Å². The molecule has 10 heteroatoms. The van der Waals surface area contributed by atoms with E-state index in [0.29, 0.717) is 40.2 Å². The molecule has 2 aromatic carbocycles. The van der Waals surface area contributed by atoms with Crippen molar-refractivity contribution in [1.82, 2.24) is 15.2 Å².